The normalized spacial score (nSPS) is 19.4. The van der Waals surface area contributed by atoms with Crippen LogP contribution < -0.4 is 10.6 Å². The van der Waals surface area contributed by atoms with Crippen LogP contribution in [-0.4, -0.2) is 63.9 Å². The zero-order chi connectivity index (χ0) is 13.7. The van der Waals surface area contributed by atoms with Crippen LogP contribution in [-0.2, 0) is 7.05 Å². The Morgan fingerprint density at radius 3 is 2.74 bits per heavy atom. The molecular formula is C12H25N7. The predicted molar refractivity (Wildman–Crippen MR) is 75.0 cm³/mol. The van der Waals surface area contributed by atoms with Crippen molar-refractivity contribution in [1.29, 1.82) is 0 Å². The van der Waals surface area contributed by atoms with E-state index in [-0.39, 0.29) is 0 Å². The van der Waals surface area contributed by atoms with Crippen molar-refractivity contribution in [3.8, 4) is 0 Å². The van der Waals surface area contributed by atoms with E-state index in [9.17, 15) is 0 Å². The van der Waals surface area contributed by atoms with Crippen molar-refractivity contribution in [3.05, 3.63) is 0 Å². The van der Waals surface area contributed by atoms with Gasteiger partial charge in [-0.1, -0.05) is 12.0 Å². The van der Waals surface area contributed by atoms with Crippen LogP contribution in [0, 0.1) is 0 Å². The lowest BCUT2D eigenvalue weighted by atomic mass is 10.1. The minimum atomic E-state index is 0.613. The molecule has 1 aromatic rings. The fourth-order valence-electron chi connectivity index (χ4n) is 2.83. The predicted octanol–water partition coefficient (Wildman–Crippen LogP) is -0.150. The minimum absolute atomic E-state index is 0.613. The van der Waals surface area contributed by atoms with Gasteiger partial charge in [0.1, 0.15) is 0 Å². The molecule has 1 unspecified atom stereocenters. The molecule has 0 saturated carbocycles. The maximum Gasteiger partial charge on any atom is 0.245 e. The van der Waals surface area contributed by atoms with E-state index in [2.05, 4.69) is 32.2 Å². The molecule has 0 aliphatic carbocycles. The smallest absolute Gasteiger partial charge is 0.245 e. The molecule has 2 N–H and O–H groups in total. The van der Waals surface area contributed by atoms with Crippen LogP contribution in [0.3, 0.4) is 0 Å². The molecule has 1 atom stereocenters. The van der Waals surface area contributed by atoms with Gasteiger partial charge in [-0.3, -0.25) is 4.90 Å². The quantitative estimate of drug-likeness (QED) is 0.799. The van der Waals surface area contributed by atoms with Crippen molar-refractivity contribution in [3.63, 3.8) is 0 Å². The average Bonchev–Trinajstić information content (AvgIpc) is 2.70. The zero-order valence-corrected chi connectivity index (χ0v) is 12.0. The number of nitrogens with zero attached hydrogens (tertiary/aromatic N) is 6. The van der Waals surface area contributed by atoms with Gasteiger partial charge in [0.2, 0.25) is 5.95 Å². The van der Waals surface area contributed by atoms with Gasteiger partial charge in [0.05, 0.1) is 0 Å². The highest BCUT2D eigenvalue weighted by molar-refractivity contribution is 5.27. The maximum absolute atomic E-state index is 5.71. The van der Waals surface area contributed by atoms with Gasteiger partial charge in [-0.2, -0.15) is 0 Å². The molecule has 1 saturated heterocycles. The largest absolute Gasteiger partial charge is 0.338 e. The van der Waals surface area contributed by atoms with Crippen molar-refractivity contribution < 1.29 is 0 Å². The summed E-state index contributed by atoms with van der Waals surface area (Å²) in [7, 11) is 1.89. The summed E-state index contributed by atoms with van der Waals surface area (Å²) in [5.74, 6) is 0.869. The van der Waals surface area contributed by atoms with Crippen LogP contribution in [0.2, 0.25) is 0 Å². The molecule has 108 valence electrons. The molecule has 1 aliphatic rings. The molecule has 0 bridgehead atoms. The van der Waals surface area contributed by atoms with Crippen molar-refractivity contribution in [2.24, 2.45) is 12.8 Å². The number of hydrogen-bond acceptors (Lipinski definition) is 6. The van der Waals surface area contributed by atoms with E-state index in [1.165, 1.54) is 6.42 Å². The van der Waals surface area contributed by atoms with Crippen LogP contribution >= 0.6 is 0 Å². The first-order chi connectivity index (χ1) is 9.26. The first-order valence-electron chi connectivity index (χ1n) is 7.17. The number of rotatable bonds is 5. The molecule has 2 rings (SSSR count). The highest BCUT2D eigenvalue weighted by Gasteiger charge is 2.22. The SMILES string of the molecule is CCC(CCN)N1CCCN(c2nnnn2C)CC1. The molecule has 1 fully saturated rings. The molecule has 0 aromatic carbocycles. The third-order valence-corrected chi connectivity index (χ3v) is 3.90. The lowest BCUT2D eigenvalue weighted by molar-refractivity contribution is 0.196. The number of tetrazole rings is 1. The lowest BCUT2D eigenvalue weighted by Crippen LogP contribution is -2.39. The highest BCUT2D eigenvalue weighted by atomic mass is 15.6. The van der Waals surface area contributed by atoms with E-state index in [0.29, 0.717) is 6.04 Å². The summed E-state index contributed by atoms with van der Waals surface area (Å²) >= 11 is 0. The zero-order valence-electron chi connectivity index (χ0n) is 12.0. The summed E-state index contributed by atoms with van der Waals surface area (Å²) in [4.78, 5) is 4.84. The summed E-state index contributed by atoms with van der Waals surface area (Å²) in [5.41, 5.74) is 5.71. The van der Waals surface area contributed by atoms with E-state index in [1.54, 1.807) is 4.68 Å². The van der Waals surface area contributed by atoms with E-state index in [1.807, 2.05) is 7.05 Å². The highest BCUT2D eigenvalue weighted by Crippen LogP contribution is 2.15. The number of aryl methyl sites for hydroxylation is 1. The van der Waals surface area contributed by atoms with Crippen molar-refractivity contribution >= 4 is 5.95 Å². The van der Waals surface area contributed by atoms with Gasteiger partial charge in [-0.25, -0.2) is 4.68 Å². The Bertz CT molecular complexity index is 378. The van der Waals surface area contributed by atoms with Crippen molar-refractivity contribution in [1.82, 2.24) is 25.1 Å². The number of aromatic nitrogens is 4. The summed E-state index contributed by atoms with van der Waals surface area (Å²) in [5, 5.41) is 11.7. The molecule has 0 spiro atoms. The Labute approximate surface area is 114 Å². The molecule has 2 heterocycles. The Hall–Kier alpha value is -1.21. The number of hydrogen-bond donors (Lipinski definition) is 1. The van der Waals surface area contributed by atoms with Gasteiger partial charge in [-0.15, -0.1) is 0 Å². The molecule has 0 amide bonds. The van der Waals surface area contributed by atoms with Crippen molar-refractivity contribution in [2.45, 2.75) is 32.2 Å². The average molecular weight is 267 g/mol. The van der Waals surface area contributed by atoms with Crippen LogP contribution in [0.1, 0.15) is 26.2 Å². The molecule has 7 heteroatoms. The Morgan fingerprint density at radius 2 is 2.11 bits per heavy atom. The second-order valence-electron chi connectivity index (χ2n) is 5.12. The first-order valence-corrected chi connectivity index (χ1v) is 7.17. The van der Waals surface area contributed by atoms with Gasteiger partial charge >= 0.3 is 0 Å². The van der Waals surface area contributed by atoms with Crippen molar-refractivity contribution in [2.75, 3.05) is 37.6 Å². The van der Waals surface area contributed by atoms with Crippen LogP contribution in [0.5, 0.6) is 0 Å². The monoisotopic (exact) mass is 267 g/mol. The topological polar surface area (TPSA) is 76.1 Å². The van der Waals surface area contributed by atoms with E-state index in [4.69, 9.17) is 5.73 Å². The van der Waals surface area contributed by atoms with E-state index < -0.39 is 0 Å². The molecule has 19 heavy (non-hydrogen) atoms. The standard InChI is InChI=1S/C12H25N7/c1-3-11(5-6-13)18-7-4-8-19(10-9-18)12-14-15-16-17(12)2/h11H,3-10,13H2,1-2H3. The molecule has 0 radical (unpaired) electrons. The van der Waals surface area contributed by atoms with Gasteiger partial charge in [0.25, 0.3) is 0 Å². The van der Waals surface area contributed by atoms with Crippen LogP contribution in [0.4, 0.5) is 5.95 Å². The summed E-state index contributed by atoms with van der Waals surface area (Å²) in [6.07, 6.45) is 3.40. The van der Waals surface area contributed by atoms with Crippen LogP contribution in [0.25, 0.3) is 0 Å². The van der Waals surface area contributed by atoms with Crippen LogP contribution in [0.15, 0.2) is 0 Å². The Balaban J connectivity index is 1.96. The number of anilines is 1. The molecule has 1 aromatic heterocycles. The van der Waals surface area contributed by atoms with Gasteiger partial charge < -0.3 is 10.6 Å². The summed E-state index contributed by atoms with van der Waals surface area (Å²) in [6, 6.07) is 0.613. The lowest BCUT2D eigenvalue weighted by Gasteiger charge is -2.29. The van der Waals surface area contributed by atoms with Gasteiger partial charge in [0.15, 0.2) is 0 Å². The third-order valence-electron chi connectivity index (χ3n) is 3.90. The first kappa shape index (κ1) is 14.2. The van der Waals surface area contributed by atoms with Gasteiger partial charge in [-0.05, 0) is 36.2 Å². The molecular weight excluding hydrogens is 242 g/mol. The summed E-state index contributed by atoms with van der Waals surface area (Å²) in [6.45, 7) is 7.21. The number of nitrogens with two attached hydrogens (primary N) is 1. The third kappa shape index (κ3) is 3.42. The fraction of sp³-hybridized carbons (Fsp3) is 0.917. The van der Waals surface area contributed by atoms with E-state index >= 15 is 0 Å². The summed E-state index contributed by atoms with van der Waals surface area (Å²) < 4.78 is 1.74. The Kier molecular flexibility index (Phi) is 5.09. The second-order valence-corrected chi connectivity index (χ2v) is 5.12. The second kappa shape index (κ2) is 6.81. The Morgan fingerprint density at radius 1 is 1.26 bits per heavy atom. The molecule has 7 nitrogen and oxygen atoms in total. The van der Waals surface area contributed by atoms with E-state index in [0.717, 1.165) is 51.5 Å². The molecule has 1 aliphatic heterocycles. The maximum atomic E-state index is 5.71. The minimum Gasteiger partial charge on any atom is -0.338 e. The fourth-order valence-corrected chi connectivity index (χ4v) is 2.83. The van der Waals surface area contributed by atoms with Gasteiger partial charge in [0, 0.05) is 39.3 Å².